The summed E-state index contributed by atoms with van der Waals surface area (Å²) in [4.78, 5) is 4.47. The van der Waals surface area contributed by atoms with E-state index in [-0.39, 0.29) is 24.0 Å². The number of nitrogens with one attached hydrogen (secondary N) is 2. The summed E-state index contributed by atoms with van der Waals surface area (Å²) in [5.74, 6) is 1.39. The highest BCUT2D eigenvalue weighted by Gasteiger charge is 2.39. The lowest BCUT2D eigenvalue weighted by Crippen LogP contribution is -2.39. The topological polar surface area (TPSA) is 45.7 Å². The Kier molecular flexibility index (Phi) is 8.36. The molecule has 0 amide bonds. The van der Waals surface area contributed by atoms with Gasteiger partial charge >= 0.3 is 0 Å². The molecule has 0 heterocycles. The Morgan fingerprint density at radius 2 is 2.29 bits per heavy atom. The molecule has 118 valence electrons. The molecule has 2 rings (SSSR count). The largest absolute Gasteiger partial charge is 0.383 e. The third-order valence-corrected chi connectivity index (χ3v) is 3.53. The van der Waals surface area contributed by atoms with Crippen molar-refractivity contribution in [2.75, 3.05) is 26.8 Å². The number of ether oxygens (including phenoxy) is 1. The van der Waals surface area contributed by atoms with Gasteiger partial charge < -0.3 is 15.4 Å². The zero-order valence-electron chi connectivity index (χ0n) is 12.4. The number of guanidine groups is 1. The summed E-state index contributed by atoms with van der Waals surface area (Å²) in [7, 11) is 1.69. The molecule has 0 bridgehead atoms. The number of methoxy groups -OCH3 is 1. The van der Waals surface area contributed by atoms with Gasteiger partial charge in [-0.05, 0) is 31.0 Å². The zero-order chi connectivity index (χ0) is 14.4. The van der Waals surface area contributed by atoms with Crippen LogP contribution >= 0.6 is 35.6 Å². The van der Waals surface area contributed by atoms with Gasteiger partial charge in [0.2, 0.25) is 0 Å². The second kappa shape index (κ2) is 9.48. The summed E-state index contributed by atoms with van der Waals surface area (Å²) < 4.78 is 5.02. The van der Waals surface area contributed by atoms with Crippen molar-refractivity contribution < 1.29 is 4.74 Å². The molecule has 2 atom stereocenters. The van der Waals surface area contributed by atoms with E-state index in [1.165, 1.54) is 5.56 Å². The average molecular weight is 424 g/mol. The molecule has 2 unspecified atom stereocenters. The third-order valence-electron chi connectivity index (χ3n) is 3.30. The fourth-order valence-electron chi connectivity index (χ4n) is 2.20. The van der Waals surface area contributed by atoms with E-state index in [4.69, 9.17) is 16.3 Å². The van der Waals surface area contributed by atoms with Crippen LogP contribution in [0.25, 0.3) is 0 Å². The van der Waals surface area contributed by atoms with Crippen molar-refractivity contribution in [3.63, 3.8) is 0 Å². The Balaban J connectivity index is 0.00000220. The van der Waals surface area contributed by atoms with Gasteiger partial charge in [-0.15, -0.1) is 24.0 Å². The highest BCUT2D eigenvalue weighted by atomic mass is 127. The standard InChI is InChI=1S/C15H22ClN3O.HI/c1-3-17-15(18-7-8-20-2)19-14-10-13(14)11-5-4-6-12(16)9-11;/h4-6,9,13-14H,3,7-8,10H2,1-2H3,(H2,17,18,19);1H. The lowest BCUT2D eigenvalue weighted by atomic mass is 10.1. The van der Waals surface area contributed by atoms with Crippen molar-refractivity contribution in [2.24, 2.45) is 4.99 Å². The number of hydrogen-bond donors (Lipinski definition) is 2. The predicted octanol–water partition coefficient (Wildman–Crippen LogP) is 3.02. The van der Waals surface area contributed by atoms with Crippen LogP contribution in [0.3, 0.4) is 0 Å². The molecule has 1 saturated carbocycles. The summed E-state index contributed by atoms with van der Waals surface area (Å²) in [6.45, 7) is 4.22. The van der Waals surface area contributed by atoms with Crippen LogP contribution in [0.2, 0.25) is 5.02 Å². The molecule has 0 aliphatic heterocycles. The fourth-order valence-corrected chi connectivity index (χ4v) is 2.40. The lowest BCUT2D eigenvalue weighted by Gasteiger charge is -2.11. The van der Waals surface area contributed by atoms with Gasteiger partial charge in [-0.3, -0.25) is 4.99 Å². The fraction of sp³-hybridized carbons (Fsp3) is 0.533. The Morgan fingerprint density at radius 3 is 2.95 bits per heavy atom. The van der Waals surface area contributed by atoms with E-state index in [0.29, 0.717) is 25.1 Å². The van der Waals surface area contributed by atoms with Gasteiger partial charge in [0.15, 0.2) is 5.96 Å². The number of benzene rings is 1. The highest BCUT2D eigenvalue weighted by Crippen LogP contribution is 2.41. The summed E-state index contributed by atoms with van der Waals surface area (Å²) >= 11 is 6.03. The first-order valence-electron chi connectivity index (χ1n) is 7.03. The second-order valence-corrected chi connectivity index (χ2v) is 5.34. The van der Waals surface area contributed by atoms with Crippen LogP contribution in [-0.4, -0.2) is 38.8 Å². The molecule has 1 aliphatic rings. The second-order valence-electron chi connectivity index (χ2n) is 4.90. The van der Waals surface area contributed by atoms with Crippen molar-refractivity contribution in [3.8, 4) is 0 Å². The van der Waals surface area contributed by atoms with E-state index in [9.17, 15) is 0 Å². The molecule has 0 radical (unpaired) electrons. The zero-order valence-corrected chi connectivity index (χ0v) is 15.5. The van der Waals surface area contributed by atoms with E-state index < -0.39 is 0 Å². The maximum atomic E-state index is 6.03. The normalized spacial score (nSPS) is 20.6. The number of nitrogens with zero attached hydrogens (tertiary/aromatic N) is 1. The number of aliphatic imine (C=N–C) groups is 1. The van der Waals surface area contributed by atoms with Gasteiger partial charge in [0.05, 0.1) is 13.2 Å². The minimum atomic E-state index is 0. The van der Waals surface area contributed by atoms with Crippen molar-refractivity contribution in [2.45, 2.75) is 25.3 Å². The summed E-state index contributed by atoms with van der Waals surface area (Å²) in [6, 6.07) is 8.53. The maximum absolute atomic E-state index is 6.03. The highest BCUT2D eigenvalue weighted by molar-refractivity contribution is 14.0. The monoisotopic (exact) mass is 423 g/mol. The molecule has 0 saturated heterocycles. The lowest BCUT2D eigenvalue weighted by molar-refractivity contribution is 0.208. The van der Waals surface area contributed by atoms with Gasteiger partial charge in [0.25, 0.3) is 0 Å². The Hall–Kier alpha value is -0.530. The molecular formula is C15H23ClIN3O. The van der Waals surface area contributed by atoms with E-state index >= 15 is 0 Å². The van der Waals surface area contributed by atoms with Crippen LogP contribution < -0.4 is 10.6 Å². The van der Waals surface area contributed by atoms with Crippen molar-refractivity contribution in [3.05, 3.63) is 34.9 Å². The molecule has 1 aromatic rings. The van der Waals surface area contributed by atoms with Crippen molar-refractivity contribution in [1.82, 2.24) is 10.6 Å². The first-order valence-corrected chi connectivity index (χ1v) is 7.41. The van der Waals surface area contributed by atoms with Gasteiger partial charge in [-0.2, -0.15) is 0 Å². The quantitative estimate of drug-likeness (QED) is 0.320. The minimum Gasteiger partial charge on any atom is -0.383 e. The average Bonchev–Trinajstić information content (AvgIpc) is 3.18. The molecule has 0 aromatic heterocycles. The SMILES string of the molecule is CCNC(=NCCOC)NC1CC1c1cccc(Cl)c1.I. The van der Waals surface area contributed by atoms with Crippen molar-refractivity contribution >= 4 is 41.5 Å². The first-order chi connectivity index (χ1) is 9.74. The van der Waals surface area contributed by atoms with E-state index in [1.54, 1.807) is 7.11 Å². The molecule has 6 heteroatoms. The number of halogens is 2. The summed E-state index contributed by atoms with van der Waals surface area (Å²) in [5, 5.41) is 7.51. The van der Waals surface area contributed by atoms with Crippen LogP contribution in [0.1, 0.15) is 24.8 Å². The van der Waals surface area contributed by atoms with Gasteiger partial charge in [-0.25, -0.2) is 0 Å². The van der Waals surface area contributed by atoms with Crippen LogP contribution in [0.5, 0.6) is 0 Å². The van der Waals surface area contributed by atoms with Gasteiger partial charge in [0.1, 0.15) is 0 Å². The van der Waals surface area contributed by atoms with Crippen LogP contribution in [0.15, 0.2) is 29.3 Å². The predicted molar refractivity (Wildman–Crippen MR) is 99.0 cm³/mol. The smallest absolute Gasteiger partial charge is 0.191 e. The van der Waals surface area contributed by atoms with Gasteiger partial charge in [0, 0.05) is 30.6 Å². The number of hydrogen-bond acceptors (Lipinski definition) is 2. The molecule has 0 spiro atoms. The molecule has 1 fully saturated rings. The molecule has 1 aromatic carbocycles. The number of rotatable bonds is 6. The van der Waals surface area contributed by atoms with Gasteiger partial charge in [-0.1, -0.05) is 23.7 Å². The Morgan fingerprint density at radius 1 is 1.48 bits per heavy atom. The molecule has 21 heavy (non-hydrogen) atoms. The summed E-state index contributed by atoms with van der Waals surface area (Å²) in [5.41, 5.74) is 1.29. The molecule has 2 N–H and O–H groups in total. The molecular weight excluding hydrogens is 401 g/mol. The van der Waals surface area contributed by atoms with Crippen molar-refractivity contribution in [1.29, 1.82) is 0 Å². The van der Waals surface area contributed by atoms with E-state index in [1.807, 2.05) is 18.2 Å². The van der Waals surface area contributed by atoms with E-state index in [0.717, 1.165) is 23.9 Å². The van der Waals surface area contributed by atoms with Crippen LogP contribution in [0.4, 0.5) is 0 Å². The summed E-state index contributed by atoms with van der Waals surface area (Å²) in [6.07, 6.45) is 1.12. The maximum Gasteiger partial charge on any atom is 0.191 e. The van der Waals surface area contributed by atoms with E-state index in [2.05, 4.69) is 28.6 Å². The first kappa shape index (κ1) is 18.5. The van der Waals surface area contributed by atoms with Crippen LogP contribution in [-0.2, 0) is 4.74 Å². The molecule has 1 aliphatic carbocycles. The minimum absolute atomic E-state index is 0. The Labute approximate surface area is 148 Å². The molecule has 4 nitrogen and oxygen atoms in total. The Bertz CT molecular complexity index is 470. The third kappa shape index (κ3) is 6.00. The van der Waals surface area contributed by atoms with Crippen LogP contribution in [0, 0.1) is 0 Å².